The van der Waals surface area contributed by atoms with Crippen LogP contribution in [0.1, 0.15) is 19.7 Å². The summed E-state index contributed by atoms with van der Waals surface area (Å²) in [6.07, 6.45) is 5.31. The van der Waals surface area contributed by atoms with E-state index in [2.05, 4.69) is 15.9 Å². The highest BCUT2D eigenvalue weighted by Gasteiger charge is 2.17. The Bertz CT molecular complexity index is 410. The Morgan fingerprint density at radius 3 is 2.75 bits per heavy atom. The summed E-state index contributed by atoms with van der Waals surface area (Å²) in [6.45, 7) is 3.81. The molecule has 0 amide bonds. The van der Waals surface area contributed by atoms with Gasteiger partial charge in [-0.15, -0.1) is 6.42 Å². The Balaban J connectivity index is 2.93. The predicted octanol–water partition coefficient (Wildman–Crippen LogP) is 0.996. The molecule has 16 heavy (non-hydrogen) atoms. The molecule has 5 heteroatoms. The van der Waals surface area contributed by atoms with E-state index in [0.717, 1.165) is 0 Å². The molecule has 86 valence electrons. The zero-order chi connectivity index (χ0) is 12.2. The minimum absolute atomic E-state index is 0.276. The summed E-state index contributed by atoms with van der Waals surface area (Å²) in [5.74, 6) is 3.64. The van der Waals surface area contributed by atoms with E-state index in [1.807, 2.05) is 0 Å². The van der Waals surface area contributed by atoms with Crippen molar-refractivity contribution in [3.63, 3.8) is 0 Å². The fourth-order valence-corrected chi connectivity index (χ4v) is 1.03. The van der Waals surface area contributed by atoms with Crippen molar-refractivity contribution in [2.24, 2.45) is 0 Å². The van der Waals surface area contributed by atoms with Crippen molar-refractivity contribution in [2.75, 3.05) is 12.8 Å². The molecule has 0 saturated heterocycles. The Kier molecular flexibility index (Phi) is 3.69. The maximum atomic E-state index is 5.61. The van der Waals surface area contributed by atoms with Crippen LogP contribution in [0, 0.1) is 12.3 Å². The number of ether oxygens (including phenoxy) is 2. The molecular weight excluding hydrogens is 206 g/mol. The molecule has 1 aromatic rings. The van der Waals surface area contributed by atoms with Gasteiger partial charge in [0.2, 0.25) is 5.88 Å². The standard InChI is InChI=1S/C11H15N3O2/c1-5-11(2,3)16-10-6-8(12)13-9(14-10)7-15-4/h1,6H,7H2,2-4H3,(H2,12,13,14). The molecule has 0 radical (unpaired) electrons. The fourth-order valence-electron chi connectivity index (χ4n) is 1.03. The summed E-state index contributed by atoms with van der Waals surface area (Å²) < 4.78 is 10.4. The molecule has 0 bridgehead atoms. The quantitative estimate of drug-likeness (QED) is 0.768. The Labute approximate surface area is 95.0 Å². The molecule has 2 N–H and O–H groups in total. The van der Waals surface area contributed by atoms with Crippen molar-refractivity contribution < 1.29 is 9.47 Å². The molecule has 5 nitrogen and oxygen atoms in total. The lowest BCUT2D eigenvalue weighted by molar-refractivity contribution is 0.156. The number of methoxy groups -OCH3 is 1. The SMILES string of the molecule is C#CC(C)(C)Oc1cc(N)nc(COC)n1. The number of terminal acetylenes is 1. The van der Waals surface area contributed by atoms with Crippen molar-refractivity contribution >= 4 is 5.82 Å². The van der Waals surface area contributed by atoms with Gasteiger partial charge in [-0.1, -0.05) is 5.92 Å². The molecule has 0 unspecified atom stereocenters. The number of nitrogen functional groups attached to an aromatic ring is 1. The van der Waals surface area contributed by atoms with Crippen molar-refractivity contribution in [1.29, 1.82) is 0 Å². The summed E-state index contributed by atoms with van der Waals surface area (Å²) in [7, 11) is 1.55. The molecule has 1 heterocycles. The second-order valence-corrected chi connectivity index (χ2v) is 3.74. The lowest BCUT2D eigenvalue weighted by atomic mass is 10.1. The smallest absolute Gasteiger partial charge is 0.220 e. The third kappa shape index (κ3) is 3.41. The van der Waals surface area contributed by atoms with Gasteiger partial charge in [-0.2, -0.15) is 4.98 Å². The van der Waals surface area contributed by atoms with Crippen LogP contribution in [0.15, 0.2) is 6.07 Å². The van der Waals surface area contributed by atoms with Crippen molar-refractivity contribution in [2.45, 2.75) is 26.1 Å². The van der Waals surface area contributed by atoms with Crippen molar-refractivity contribution in [3.8, 4) is 18.2 Å². The van der Waals surface area contributed by atoms with Gasteiger partial charge in [0.15, 0.2) is 11.4 Å². The number of rotatable bonds is 4. The molecule has 0 spiro atoms. The van der Waals surface area contributed by atoms with E-state index in [1.54, 1.807) is 21.0 Å². The summed E-state index contributed by atoms with van der Waals surface area (Å²) in [4.78, 5) is 8.11. The highest BCUT2D eigenvalue weighted by Crippen LogP contribution is 2.17. The molecule has 0 aromatic carbocycles. The van der Waals surface area contributed by atoms with Crippen LogP contribution in [-0.4, -0.2) is 22.7 Å². The van der Waals surface area contributed by atoms with Crippen LogP contribution >= 0.6 is 0 Å². The van der Waals surface area contributed by atoms with Gasteiger partial charge in [0, 0.05) is 13.2 Å². The molecule has 0 atom stereocenters. The Morgan fingerprint density at radius 1 is 1.50 bits per heavy atom. The van der Waals surface area contributed by atoms with Gasteiger partial charge in [0.05, 0.1) is 0 Å². The number of nitrogens with zero attached hydrogens (tertiary/aromatic N) is 2. The molecule has 1 rings (SSSR count). The van der Waals surface area contributed by atoms with Gasteiger partial charge in [0.1, 0.15) is 12.4 Å². The van der Waals surface area contributed by atoms with E-state index in [-0.39, 0.29) is 6.61 Å². The van der Waals surface area contributed by atoms with Gasteiger partial charge < -0.3 is 15.2 Å². The average molecular weight is 221 g/mol. The predicted molar refractivity (Wildman–Crippen MR) is 60.7 cm³/mol. The number of hydrogen-bond acceptors (Lipinski definition) is 5. The van der Waals surface area contributed by atoms with Gasteiger partial charge in [-0.05, 0) is 13.8 Å². The first-order valence-corrected chi connectivity index (χ1v) is 4.76. The lowest BCUT2D eigenvalue weighted by Crippen LogP contribution is -2.26. The van der Waals surface area contributed by atoms with E-state index in [4.69, 9.17) is 21.6 Å². The third-order valence-corrected chi connectivity index (χ3v) is 1.75. The topological polar surface area (TPSA) is 70.3 Å². The van der Waals surface area contributed by atoms with Gasteiger partial charge in [0.25, 0.3) is 0 Å². The maximum Gasteiger partial charge on any atom is 0.220 e. The number of nitrogens with two attached hydrogens (primary N) is 1. The van der Waals surface area contributed by atoms with Gasteiger partial charge in [-0.25, -0.2) is 4.98 Å². The molecule has 0 aliphatic rings. The van der Waals surface area contributed by atoms with Gasteiger partial charge >= 0.3 is 0 Å². The first-order chi connectivity index (χ1) is 7.46. The minimum atomic E-state index is -0.731. The molecule has 1 aromatic heterocycles. The van der Waals surface area contributed by atoms with Crippen LogP contribution in [-0.2, 0) is 11.3 Å². The van der Waals surface area contributed by atoms with Crippen LogP contribution < -0.4 is 10.5 Å². The molecule has 0 saturated carbocycles. The van der Waals surface area contributed by atoms with Crippen LogP contribution in [0.3, 0.4) is 0 Å². The van der Waals surface area contributed by atoms with E-state index < -0.39 is 5.60 Å². The van der Waals surface area contributed by atoms with Gasteiger partial charge in [-0.3, -0.25) is 0 Å². The normalized spacial score (nSPS) is 10.9. The highest BCUT2D eigenvalue weighted by molar-refractivity contribution is 5.33. The first kappa shape index (κ1) is 12.3. The molecule has 0 aliphatic carbocycles. The van der Waals surface area contributed by atoms with Crippen LogP contribution in [0.4, 0.5) is 5.82 Å². The third-order valence-electron chi connectivity index (χ3n) is 1.75. The number of hydrogen-bond donors (Lipinski definition) is 1. The Morgan fingerprint density at radius 2 is 2.19 bits per heavy atom. The minimum Gasteiger partial charge on any atom is -0.458 e. The maximum absolute atomic E-state index is 5.61. The van der Waals surface area contributed by atoms with E-state index >= 15 is 0 Å². The zero-order valence-electron chi connectivity index (χ0n) is 9.65. The molecular formula is C11H15N3O2. The largest absolute Gasteiger partial charge is 0.458 e. The fraction of sp³-hybridized carbons (Fsp3) is 0.455. The lowest BCUT2D eigenvalue weighted by Gasteiger charge is -2.19. The average Bonchev–Trinajstić information content (AvgIpc) is 2.16. The highest BCUT2D eigenvalue weighted by atomic mass is 16.5. The van der Waals surface area contributed by atoms with Crippen LogP contribution in [0.25, 0.3) is 0 Å². The monoisotopic (exact) mass is 221 g/mol. The number of aromatic nitrogens is 2. The summed E-state index contributed by atoms with van der Waals surface area (Å²) in [5, 5.41) is 0. The summed E-state index contributed by atoms with van der Waals surface area (Å²) in [6, 6.07) is 1.53. The Hall–Kier alpha value is -1.80. The second kappa shape index (κ2) is 4.81. The first-order valence-electron chi connectivity index (χ1n) is 4.76. The van der Waals surface area contributed by atoms with Crippen LogP contribution in [0.5, 0.6) is 5.88 Å². The zero-order valence-corrected chi connectivity index (χ0v) is 9.65. The second-order valence-electron chi connectivity index (χ2n) is 3.74. The van der Waals surface area contributed by atoms with Crippen molar-refractivity contribution in [1.82, 2.24) is 9.97 Å². The summed E-state index contributed by atoms with van der Waals surface area (Å²) >= 11 is 0. The molecule has 0 fully saturated rings. The molecule has 0 aliphatic heterocycles. The van der Waals surface area contributed by atoms with Crippen molar-refractivity contribution in [3.05, 3.63) is 11.9 Å². The van der Waals surface area contributed by atoms with E-state index in [1.165, 1.54) is 6.07 Å². The van der Waals surface area contributed by atoms with E-state index in [0.29, 0.717) is 17.5 Å². The number of anilines is 1. The van der Waals surface area contributed by atoms with Crippen LogP contribution in [0.2, 0.25) is 0 Å². The van der Waals surface area contributed by atoms with E-state index in [9.17, 15) is 0 Å². The summed E-state index contributed by atoms with van der Waals surface area (Å²) in [5.41, 5.74) is 4.88.